The molecule has 0 radical (unpaired) electrons. The van der Waals surface area contributed by atoms with Crippen molar-refractivity contribution < 1.29 is 13.6 Å². The predicted molar refractivity (Wildman–Crippen MR) is 117 cm³/mol. The number of hydrogen-bond acceptors (Lipinski definition) is 4. The van der Waals surface area contributed by atoms with Crippen molar-refractivity contribution in [3.63, 3.8) is 0 Å². The lowest BCUT2D eigenvalue weighted by Crippen LogP contribution is -2.52. The van der Waals surface area contributed by atoms with Gasteiger partial charge in [0.15, 0.2) is 5.82 Å². The largest absolute Gasteiger partial charge is 0.396 e. The van der Waals surface area contributed by atoms with Gasteiger partial charge in [0.1, 0.15) is 11.6 Å². The molecule has 7 nitrogen and oxygen atoms in total. The summed E-state index contributed by atoms with van der Waals surface area (Å²) in [5.74, 6) is -0.908. The van der Waals surface area contributed by atoms with Crippen molar-refractivity contribution in [3.8, 4) is 11.3 Å². The number of hydrogen-bond donors (Lipinski definition) is 2. The van der Waals surface area contributed by atoms with Crippen molar-refractivity contribution in [2.24, 2.45) is 5.92 Å². The first-order chi connectivity index (χ1) is 15.5. The lowest BCUT2D eigenvalue weighted by atomic mass is 9.93. The molecule has 0 bridgehead atoms. The summed E-state index contributed by atoms with van der Waals surface area (Å²) in [6.45, 7) is 1.23. The van der Waals surface area contributed by atoms with E-state index in [1.807, 2.05) is 16.8 Å². The fourth-order valence-electron chi connectivity index (χ4n) is 3.89. The molecule has 3 N–H and O–H groups in total. The number of fused-ring (bicyclic) bond motifs is 1. The maximum atomic E-state index is 14.1. The van der Waals surface area contributed by atoms with Crippen LogP contribution in [0.25, 0.3) is 16.8 Å². The highest BCUT2D eigenvalue weighted by Crippen LogP contribution is 2.27. The average Bonchev–Trinajstić information content (AvgIpc) is 3.20. The first-order valence-corrected chi connectivity index (χ1v) is 10.1. The van der Waals surface area contributed by atoms with E-state index in [-0.39, 0.29) is 28.8 Å². The van der Waals surface area contributed by atoms with E-state index in [1.165, 1.54) is 23.8 Å². The van der Waals surface area contributed by atoms with Crippen molar-refractivity contribution in [2.45, 2.75) is 6.42 Å². The number of nitrogens with zero attached hydrogens (tertiary/aromatic N) is 4. The number of nitrogens with one attached hydrogen (secondary N) is 1. The number of rotatable bonds is 4. The molecule has 0 aliphatic carbocycles. The molecular formula is C23H20F2N6O. The molecule has 3 aromatic heterocycles. The number of carbonyl (C=O) groups excluding carboxylic acids is 1. The zero-order valence-corrected chi connectivity index (χ0v) is 17.0. The van der Waals surface area contributed by atoms with Crippen LogP contribution in [0.2, 0.25) is 0 Å². The summed E-state index contributed by atoms with van der Waals surface area (Å²) >= 11 is 0. The predicted octanol–water partition coefficient (Wildman–Crippen LogP) is 3.96. The maximum Gasteiger partial charge on any atom is 0.323 e. The second-order valence-electron chi connectivity index (χ2n) is 7.92. The average molecular weight is 434 g/mol. The Kier molecular flexibility index (Phi) is 4.93. The Morgan fingerprint density at radius 2 is 2.00 bits per heavy atom. The van der Waals surface area contributed by atoms with Gasteiger partial charge in [0.2, 0.25) is 0 Å². The standard InChI is InChI=1S/C23H20F2N6O/c24-16-1-2-18(19(25)9-16)21-4-3-20(26)22(28-21)29-23(32)31-11-15(12-31)7-14-5-6-30-13-27-10-17(30)8-14/h1-6,8-10,13,15H,7,11-12,26H2,(H,28,29,32). The molecule has 4 aromatic rings. The molecule has 162 valence electrons. The molecule has 0 atom stereocenters. The number of amides is 2. The zero-order valence-electron chi connectivity index (χ0n) is 17.0. The molecule has 1 saturated heterocycles. The Labute approximate surface area is 182 Å². The molecule has 9 heteroatoms. The molecule has 5 rings (SSSR count). The van der Waals surface area contributed by atoms with Gasteiger partial charge in [-0.1, -0.05) is 0 Å². The molecular weight excluding hydrogens is 414 g/mol. The van der Waals surface area contributed by atoms with E-state index in [4.69, 9.17) is 5.73 Å². The number of imidazole rings is 1. The number of carbonyl (C=O) groups is 1. The van der Waals surface area contributed by atoms with E-state index in [0.29, 0.717) is 19.0 Å². The van der Waals surface area contributed by atoms with Gasteiger partial charge in [0.05, 0.1) is 29.4 Å². The van der Waals surface area contributed by atoms with Gasteiger partial charge in [-0.2, -0.15) is 0 Å². The van der Waals surface area contributed by atoms with Crippen LogP contribution in [0.1, 0.15) is 5.56 Å². The lowest BCUT2D eigenvalue weighted by molar-refractivity contribution is 0.131. The van der Waals surface area contributed by atoms with Crippen LogP contribution in [0.15, 0.2) is 61.2 Å². The minimum Gasteiger partial charge on any atom is -0.396 e. The zero-order chi connectivity index (χ0) is 22.2. The van der Waals surface area contributed by atoms with E-state index in [1.54, 1.807) is 11.2 Å². The third-order valence-corrected chi connectivity index (χ3v) is 5.61. The number of nitrogen functional groups attached to an aromatic ring is 1. The number of pyridine rings is 2. The molecule has 4 heterocycles. The fourth-order valence-corrected chi connectivity index (χ4v) is 3.89. The molecule has 0 unspecified atom stereocenters. The number of anilines is 2. The smallest absolute Gasteiger partial charge is 0.323 e. The normalized spacial score (nSPS) is 13.9. The number of halogens is 2. The van der Waals surface area contributed by atoms with Crippen LogP contribution in [0.5, 0.6) is 0 Å². The molecule has 32 heavy (non-hydrogen) atoms. The van der Waals surface area contributed by atoms with Gasteiger partial charge in [-0.15, -0.1) is 0 Å². The fraction of sp³-hybridized carbons (Fsp3) is 0.174. The quantitative estimate of drug-likeness (QED) is 0.509. The van der Waals surface area contributed by atoms with E-state index in [0.717, 1.165) is 24.1 Å². The number of nitrogens with two attached hydrogens (primary N) is 1. The van der Waals surface area contributed by atoms with Gasteiger partial charge in [-0.05, 0) is 54.3 Å². The van der Waals surface area contributed by atoms with Gasteiger partial charge < -0.3 is 15.0 Å². The number of likely N-dealkylation sites (tertiary alicyclic amines) is 1. The van der Waals surface area contributed by atoms with Gasteiger partial charge in [-0.3, -0.25) is 5.32 Å². The number of benzene rings is 1. The van der Waals surface area contributed by atoms with Crippen LogP contribution in [0, 0.1) is 17.6 Å². The topological polar surface area (TPSA) is 88.5 Å². The summed E-state index contributed by atoms with van der Waals surface area (Å²) in [7, 11) is 0. The van der Waals surface area contributed by atoms with Crippen LogP contribution in [-0.2, 0) is 6.42 Å². The van der Waals surface area contributed by atoms with E-state index in [9.17, 15) is 13.6 Å². The Bertz CT molecular complexity index is 1320. The summed E-state index contributed by atoms with van der Waals surface area (Å²) < 4.78 is 29.2. The van der Waals surface area contributed by atoms with Crippen LogP contribution < -0.4 is 11.1 Å². The first kappa shape index (κ1) is 19.9. The molecule has 2 amide bonds. The highest BCUT2D eigenvalue weighted by molar-refractivity contribution is 5.92. The summed E-state index contributed by atoms with van der Waals surface area (Å²) in [5.41, 5.74) is 8.82. The first-order valence-electron chi connectivity index (χ1n) is 10.1. The molecule has 1 fully saturated rings. The van der Waals surface area contributed by atoms with Crippen molar-refractivity contribution in [1.82, 2.24) is 19.3 Å². The van der Waals surface area contributed by atoms with E-state index < -0.39 is 11.6 Å². The summed E-state index contributed by atoms with van der Waals surface area (Å²) in [4.78, 5) is 22.7. The third-order valence-electron chi connectivity index (χ3n) is 5.61. The molecule has 1 aliphatic heterocycles. The number of urea groups is 1. The second-order valence-corrected chi connectivity index (χ2v) is 7.92. The minimum absolute atomic E-state index is 0.126. The van der Waals surface area contributed by atoms with E-state index >= 15 is 0 Å². The highest BCUT2D eigenvalue weighted by Gasteiger charge is 2.31. The van der Waals surface area contributed by atoms with Gasteiger partial charge in [-0.25, -0.2) is 23.5 Å². The summed E-state index contributed by atoms with van der Waals surface area (Å²) in [6.07, 6.45) is 6.42. The van der Waals surface area contributed by atoms with E-state index in [2.05, 4.69) is 27.4 Å². The summed E-state index contributed by atoms with van der Waals surface area (Å²) in [5, 5.41) is 2.70. The van der Waals surface area contributed by atoms with Crippen LogP contribution in [-0.4, -0.2) is 38.4 Å². The van der Waals surface area contributed by atoms with Crippen molar-refractivity contribution in [2.75, 3.05) is 24.1 Å². The van der Waals surface area contributed by atoms with Crippen molar-refractivity contribution in [3.05, 3.63) is 78.4 Å². The van der Waals surface area contributed by atoms with Crippen molar-refractivity contribution in [1.29, 1.82) is 0 Å². The lowest BCUT2D eigenvalue weighted by Gasteiger charge is -2.39. The molecule has 0 spiro atoms. The van der Waals surface area contributed by atoms with Crippen molar-refractivity contribution >= 4 is 23.1 Å². The number of aromatic nitrogens is 3. The Morgan fingerprint density at radius 1 is 1.16 bits per heavy atom. The van der Waals surface area contributed by atoms with Crippen LogP contribution in [0.4, 0.5) is 25.1 Å². The Morgan fingerprint density at radius 3 is 2.81 bits per heavy atom. The second kappa shape index (κ2) is 7.92. The Balaban J connectivity index is 1.22. The van der Waals surface area contributed by atoms with Gasteiger partial charge in [0.25, 0.3) is 0 Å². The molecule has 1 aromatic carbocycles. The van der Waals surface area contributed by atoms with Gasteiger partial charge >= 0.3 is 6.03 Å². The highest BCUT2D eigenvalue weighted by atomic mass is 19.1. The van der Waals surface area contributed by atoms with Gasteiger partial charge in [0, 0.05) is 30.9 Å². The van der Waals surface area contributed by atoms with Crippen LogP contribution in [0.3, 0.4) is 0 Å². The molecule has 1 aliphatic rings. The molecule has 0 saturated carbocycles. The Hall–Kier alpha value is -4.01. The third kappa shape index (κ3) is 3.84. The minimum atomic E-state index is -0.737. The SMILES string of the molecule is Nc1ccc(-c2ccc(F)cc2F)nc1NC(=O)N1CC(Cc2ccn3cncc3c2)C1. The maximum absolute atomic E-state index is 14.1. The summed E-state index contributed by atoms with van der Waals surface area (Å²) in [6, 6.07) is 10.1. The monoisotopic (exact) mass is 434 g/mol. The van der Waals surface area contributed by atoms with Crippen LogP contribution >= 0.6 is 0 Å².